The van der Waals surface area contributed by atoms with Crippen LogP contribution in [-0.2, 0) is 13.0 Å². The molecule has 0 saturated carbocycles. The van der Waals surface area contributed by atoms with Gasteiger partial charge in [-0.1, -0.05) is 11.2 Å². The molecule has 142 valence electrons. The monoisotopic (exact) mass is 360 g/mol. The van der Waals surface area contributed by atoms with Crippen molar-refractivity contribution in [1.82, 2.24) is 15.8 Å². The minimum Gasteiger partial charge on any atom is -0.493 e. The summed E-state index contributed by atoms with van der Waals surface area (Å²) < 4.78 is 15.8. The minimum atomic E-state index is 0.543. The van der Waals surface area contributed by atoms with Gasteiger partial charge in [-0.2, -0.15) is 0 Å². The maximum atomic E-state index is 5.34. The Morgan fingerprint density at radius 2 is 1.92 bits per heavy atom. The van der Waals surface area contributed by atoms with Gasteiger partial charge >= 0.3 is 0 Å². The van der Waals surface area contributed by atoms with Crippen LogP contribution in [-0.4, -0.2) is 38.4 Å². The number of methoxy groups -OCH3 is 2. The molecular formula is C19H28N4O3. The van der Waals surface area contributed by atoms with E-state index in [0.29, 0.717) is 18.0 Å². The molecule has 2 aromatic rings. The van der Waals surface area contributed by atoms with E-state index in [1.807, 2.05) is 39.0 Å². The lowest BCUT2D eigenvalue weighted by atomic mass is 10.1. The van der Waals surface area contributed by atoms with Gasteiger partial charge in [0.25, 0.3) is 0 Å². The molecule has 0 aliphatic rings. The smallest absolute Gasteiger partial charge is 0.191 e. The van der Waals surface area contributed by atoms with Crippen LogP contribution in [0.4, 0.5) is 0 Å². The first kappa shape index (κ1) is 19.6. The normalized spacial score (nSPS) is 11.3. The van der Waals surface area contributed by atoms with Crippen molar-refractivity contribution >= 4 is 5.96 Å². The number of guanidine groups is 1. The summed E-state index contributed by atoms with van der Waals surface area (Å²) in [6.45, 7) is 8.03. The molecule has 0 spiro atoms. The van der Waals surface area contributed by atoms with Gasteiger partial charge in [0.05, 0.1) is 26.5 Å². The van der Waals surface area contributed by atoms with E-state index in [1.54, 1.807) is 14.2 Å². The second kappa shape index (κ2) is 9.70. The third-order valence-corrected chi connectivity index (χ3v) is 4.06. The van der Waals surface area contributed by atoms with Crippen LogP contribution in [0.1, 0.15) is 29.5 Å². The molecule has 0 saturated heterocycles. The number of ether oxygens (including phenoxy) is 2. The van der Waals surface area contributed by atoms with Gasteiger partial charge in [0.2, 0.25) is 0 Å². The van der Waals surface area contributed by atoms with Gasteiger partial charge in [0.1, 0.15) is 5.76 Å². The Morgan fingerprint density at radius 3 is 2.54 bits per heavy atom. The largest absolute Gasteiger partial charge is 0.493 e. The second-order valence-corrected chi connectivity index (χ2v) is 5.86. The molecule has 2 rings (SSSR count). The fraction of sp³-hybridized carbons (Fsp3) is 0.474. The highest BCUT2D eigenvalue weighted by molar-refractivity contribution is 5.79. The quantitative estimate of drug-likeness (QED) is 0.556. The number of aryl methyl sites for hydroxylation is 2. The molecule has 0 unspecified atom stereocenters. The van der Waals surface area contributed by atoms with Crippen LogP contribution in [0.5, 0.6) is 11.5 Å². The van der Waals surface area contributed by atoms with Crippen LogP contribution in [0.3, 0.4) is 0 Å². The molecule has 1 aromatic carbocycles. The molecule has 1 heterocycles. The predicted molar refractivity (Wildman–Crippen MR) is 102 cm³/mol. The Bertz CT molecular complexity index is 721. The molecule has 0 fully saturated rings. The molecule has 0 radical (unpaired) electrons. The topological polar surface area (TPSA) is 80.9 Å². The minimum absolute atomic E-state index is 0.543. The zero-order valence-electron chi connectivity index (χ0n) is 16.2. The van der Waals surface area contributed by atoms with E-state index < -0.39 is 0 Å². The molecule has 26 heavy (non-hydrogen) atoms. The van der Waals surface area contributed by atoms with Crippen molar-refractivity contribution in [2.45, 2.75) is 33.7 Å². The SMILES string of the molecule is CCNC(=NCc1ccc(OC)c(OC)c1)NCCc1c(C)noc1C. The lowest BCUT2D eigenvalue weighted by Gasteiger charge is -2.12. The maximum Gasteiger partial charge on any atom is 0.191 e. The summed E-state index contributed by atoms with van der Waals surface area (Å²) in [4.78, 5) is 4.64. The molecule has 7 nitrogen and oxygen atoms in total. The number of nitrogens with one attached hydrogen (secondary N) is 2. The fourth-order valence-corrected chi connectivity index (χ4v) is 2.66. The van der Waals surface area contributed by atoms with Gasteiger partial charge in [-0.3, -0.25) is 0 Å². The van der Waals surface area contributed by atoms with E-state index in [0.717, 1.165) is 48.1 Å². The summed E-state index contributed by atoms with van der Waals surface area (Å²) in [5, 5.41) is 10.6. The molecule has 0 bridgehead atoms. The number of nitrogens with zero attached hydrogens (tertiary/aromatic N) is 2. The van der Waals surface area contributed by atoms with Crippen molar-refractivity contribution in [1.29, 1.82) is 0 Å². The van der Waals surface area contributed by atoms with Crippen LogP contribution in [0, 0.1) is 13.8 Å². The zero-order valence-corrected chi connectivity index (χ0v) is 16.2. The Morgan fingerprint density at radius 1 is 1.15 bits per heavy atom. The van der Waals surface area contributed by atoms with Crippen LogP contribution < -0.4 is 20.1 Å². The van der Waals surface area contributed by atoms with Gasteiger partial charge in [0, 0.05) is 18.7 Å². The van der Waals surface area contributed by atoms with Gasteiger partial charge < -0.3 is 24.6 Å². The standard InChI is InChI=1S/C19H28N4O3/c1-6-20-19(21-10-9-16-13(2)23-26-14(16)3)22-12-15-7-8-17(24-4)18(11-15)25-5/h7-8,11H,6,9-10,12H2,1-5H3,(H2,20,21,22). The summed E-state index contributed by atoms with van der Waals surface area (Å²) in [6.07, 6.45) is 0.835. The van der Waals surface area contributed by atoms with Crippen molar-refractivity contribution < 1.29 is 14.0 Å². The second-order valence-electron chi connectivity index (χ2n) is 5.86. The average molecular weight is 360 g/mol. The van der Waals surface area contributed by atoms with Crippen molar-refractivity contribution in [3.05, 3.63) is 40.8 Å². The highest BCUT2D eigenvalue weighted by Crippen LogP contribution is 2.27. The van der Waals surface area contributed by atoms with Gasteiger partial charge in [-0.05, 0) is 44.9 Å². The Hall–Kier alpha value is -2.70. The number of hydrogen-bond acceptors (Lipinski definition) is 5. The Kier molecular flexibility index (Phi) is 7.32. The first-order valence-corrected chi connectivity index (χ1v) is 8.73. The van der Waals surface area contributed by atoms with Crippen molar-refractivity contribution in [2.75, 3.05) is 27.3 Å². The third-order valence-electron chi connectivity index (χ3n) is 4.06. The Labute approximate surface area is 154 Å². The van der Waals surface area contributed by atoms with E-state index >= 15 is 0 Å². The third kappa shape index (κ3) is 5.15. The fourth-order valence-electron chi connectivity index (χ4n) is 2.66. The molecule has 0 aliphatic heterocycles. The number of hydrogen-bond donors (Lipinski definition) is 2. The first-order valence-electron chi connectivity index (χ1n) is 8.73. The molecule has 2 N–H and O–H groups in total. The van der Waals surface area contributed by atoms with E-state index in [9.17, 15) is 0 Å². The number of aromatic nitrogens is 1. The van der Waals surface area contributed by atoms with Gasteiger partial charge in [-0.25, -0.2) is 4.99 Å². The number of rotatable bonds is 8. The summed E-state index contributed by atoms with van der Waals surface area (Å²) in [6, 6.07) is 5.82. The summed E-state index contributed by atoms with van der Waals surface area (Å²) in [5.74, 6) is 3.06. The van der Waals surface area contributed by atoms with E-state index in [1.165, 1.54) is 0 Å². The highest BCUT2D eigenvalue weighted by atomic mass is 16.5. The Balaban J connectivity index is 1.97. The molecule has 1 aromatic heterocycles. The first-order chi connectivity index (χ1) is 12.6. The summed E-state index contributed by atoms with van der Waals surface area (Å²) in [5.41, 5.74) is 3.13. The molecule has 0 aliphatic carbocycles. The number of aliphatic imine (C=N–C) groups is 1. The zero-order chi connectivity index (χ0) is 18.9. The van der Waals surface area contributed by atoms with Crippen molar-refractivity contribution in [2.24, 2.45) is 4.99 Å². The maximum absolute atomic E-state index is 5.34. The van der Waals surface area contributed by atoms with Crippen LogP contribution in [0.15, 0.2) is 27.7 Å². The number of benzene rings is 1. The van der Waals surface area contributed by atoms with Gasteiger partial charge in [0.15, 0.2) is 17.5 Å². The lowest BCUT2D eigenvalue weighted by Crippen LogP contribution is -2.38. The van der Waals surface area contributed by atoms with E-state index in [2.05, 4.69) is 20.8 Å². The average Bonchev–Trinajstić information content (AvgIpc) is 2.97. The van der Waals surface area contributed by atoms with E-state index in [4.69, 9.17) is 14.0 Å². The molecular weight excluding hydrogens is 332 g/mol. The predicted octanol–water partition coefficient (Wildman–Crippen LogP) is 2.61. The van der Waals surface area contributed by atoms with Crippen LogP contribution in [0.25, 0.3) is 0 Å². The highest BCUT2D eigenvalue weighted by Gasteiger charge is 2.09. The van der Waals surface area contributed by atoms with Crippen molar-refractivity contribution in [3.8, 4) is 11.5 Å². The molecule has 7 heteroatoms. The van der Waals surface area contributed by atoms with Crippen LogP contribution in [0.2, 0.25) is 0 Å². The van der Waals surface area contributed by atoms with Crippen molar-refractivity contribution in [3.63, 3.8) is 0 Å². The molecule has 0 amide bonds. The molecule has 0 atom stereocenters. The van der Waals surface area contributed by atoms with Gasteiger partial charge in [-0.15, -0.1) is 0 Å². The summed E-state index contributed by atoms with van der Waals surface area (Å²) >= 11 is 0. The van der Waals surface area contributed by atoms with Crippen LogP contribution >= 0.6 is 0 Å². The lowest BCUT2D eigenvalue weighted by molar-refractivity contribution is 0.354. The van der Waals surface area contributed by atoms with E-state index in [-0.39, 0.29) is 0 Å². The summed E-state index contributed by atoms with van der Waals surface area (Å²) in [7, 11) is 3.26.